The summed E-state index contributed by atoms with van der Waals surface area (Å²) in [4.78, 5) is 6.98. The van der Waals surface area contributed by atoms with Crippen molar-refractivity contribution in [1.29, 1.82) is 0 Å². The number of aromatic nitrogens is 1. The third-order valence-corrected chi connectivity index (χ3v) is 4.01. The number of likely N-dealkylation sites (tertiary alicyclic amines) is 1. The van der Waals surface area contributed by atoms with Crippen LogP contribution >= 0.6 is 0 Å². The predicted molar refractivity (Wildman–Crippen MR) is 79.0 cm³/mol. The number of rotatable bonds is 4. The molecule has 1 aliphatic rings. The monoisotopic (exact) mass is 271 g/mol. The first-order valence-corrected chi connectivity index (χ1v) is 7.20. The quantitative estimate of drug-likeness (QED) is 0.928. The molecule has 3 rings (SSSR count). The number of hydrogen-bond donors (Lipinski definition) is 1. The Morgan fingerprint density at radius 1 is 1.40 bits per heavy atom. The molecule has 1 fully saturated rings. The van der Waals surface area contributed by atoms with E-state index < -0.39 is 0 Å². The van der Waals surface area contributed by atoms with Crippen LogP contribution in [-0.2, 0) is 6.54 Å². The van der Waals surface area contributed by atoms with Gasteiger partial charge in [-0.15, -0.1) is 0 Å². The Kier molecular flexibility index (Phi) is 3.85. The minimum Gasteiger partial charge on any atom is -0.444 e. The maximum atomic E-state index is 5.97. The number of nitrogens with zero attached hydrogens (tertiary/aromatic N) is 2. The molecular weight excluding hydrogens is 250 g/mol. The van der Waals surface area contributed by atoms with E-state index in [1.807, 2.05) is 30.3 Å². The van der Waals surface area contributed by atoms with E-state index in [1.165, 1.54) is 6.42 Å². The van der Waals surface area contributed by atoms with E-state index in [0.717, 1.165) is 30.9 Å². The van der Waals surface area contributed by atoms with Gasteiger partial charge in [-0.2, -0.15) is 0 Å². The van der Waals surface area contributed by atoms with Crippen molar-refractivity contribution >= 4 is 0 Å². The molecule has 2 aromatic rings. The molecule has 4 nitrogen and oxygen atoms in total. The lowest BCUT2D eigenvalue weighted by Gasteiger charge is -2.16. The van der Waals surface area contributed by atoms with Crippen LogP contribution in [0.25, 0.3) is 11.5 Å². The van der Waals surface area contributed by atoms with Crippen LogP contribution in [0.2, 0.25) is 0 Å². The van der Waals surface area contributed by atoms with Crippen LogP contribution in [0.4, 0.5) is 0 Å². The van der Waals surface area contributed by atoms with Gasteiger partial charge in [0.05, 0.1) is 5.69 Å². The zero-order valence-corrected chi connectivity index (χ0v) is 11.8. The molecule has 2 atom stereocenters. The standard InChI is InChI=1S/C16H21N3O/c1-12(17)14-7-8-19(9-14)10-15-11-20-16(18-15)13-5-3-2-4-6-13/h2-6,11-12,14H,7-10,17H2,1H3. The Hall–Kier alpha value is -1.65. The average Bonchev–Trinajstić information content (AvgIpc) is 3.10. The fourth-order valence-corrected chi connectivity index (χ4v) is 2.76. The van der Waals surface area contributed by atoms with Crippen molar-refractivity contribution < 1.29 is 4.42 Å². The van der Waals surface area contributed by atoms with Gasteiger partial charge in [0.1, 0.15) is 6.26 Å². The van der Waals surface area contributed by atoms with Gasteiger partial charge in [0.2, 0.25) is 5.89 Å². The van der Waals surface area contributed by atoms with Crippen molar-refractivity contribution in [3.63, 3.8) is 0 Å². The Labute approximate surface area is 119 Å². The molecule has 2 heterocycles. The van der Waals surface area contributed by atoms with Crippen molar-refractivity contribution in [2.24, 2.45) is 11.7 Å². The van der Waals surface area contributed by atoms with Crippen LogP contribution < -0.4 is 5.73 Å². The van der Waals surface area contributed by atoms with E-state index in [1.54, 1.807) is 6.26 Å². The molecule has 2 unspecified atom stereocenters. The topological polar surface area (TPSA) is 55.3 Å². The van der Waals surface area contributed by atoms with Gasteiger partial charge in [0, 0.05) is 24.7 Å². The SMILES string of the molecule is CC(N)C1CCN(Cc2coc(-c3ccccc3)n2)C1. The minimum absolute atomic E-state index is 0.275. The molecule has 2 N–H and O–H groups in total. The number of oxazole rings is 1. The lowest BCUT2D eigenvalue weighted by Crippen LogP contribution is -2.29. The molecule has 106 valence electrons. The van der Waals surface area contributed by atoms with E-state index in [2.05, 4.69) is 16.8 Å². The zero-order chi connectivity index (χ0) is 13.9. The van der Waals surface area contributed by atoms with Crippen LogP contribution in [0, 0.1) is 5.92 Å². The summed E-state index contributed by atoms with van der Waals surface area (Å²) < 4.78 is 5.57. The highest BCUT2D eigenvalue weighted by Gasteiger charge is 2.25. The lowest BCUT2D eigenvalue weighted by molar-refractivity contribution is 0.305. The van der Waals surface area contributed by atoms with Gasteiger partial charge in [-0.1, -0.05) is 18.2 Å². The third-order valence-electron chi connectivity index (χ3n) is 4.01. The van der Waals surface area contributed by atoms with Gasteiger partial charge in [0.15, 0.2) is 0 Å². The van der Waals surface area contributed by atoms with Gasteiger partial charge in [-0.05, 0) is 37.9 Å². The van der Waals surface area contributed by atoms with E-state index >= 15 is 0 Å². The smallest absolute Gasteiger partial charge is 0.226 e. The molecule has 1 aromatic heterocycles. The number of benzene rings is 1. The normalized spacial score (nSPS) is 21.2. The molecule has 4 heteroatoms. The van der Waals surface area contributed by atoms with Gasteiger partial charge >= 0.3 is 0 Å². The van der Waals surface area contributed by atoms with Crippen molar-refractivity contribution in [1.82, 2.24) is 9.88 Å². The molecule has 0 saturated carbocycles. The fourth-order valence-electron chi connectivity index (χ4n) is 2.76. The van der Waals surface area contributed by atoms with Gasteiger partial charge < -0.3 is 10.2 Å². The second-order valence-electron chi connectivity index (χ2n) is 5.65. The zero-order valence-electron chi connectivity index (χ0n) is 11.8. The summed E-state index contributed by atoms with van der Waals surface area (Å²) in [5.41, 5.74) is 7.99. The highest BCUT2D eigenvalue weighted by molar-refractivity contribution is 5.52. The predicted octanol–water partition coefficient (Wildman–Crippen LogP) is 2.51. The average molecular weight is 271 g/mol. The summed E-state index contributed by atoms with van der Waals surface area (Å²) in [6, 6.07) is 10.3. The Balaban J connectivity index is 1.64. The first kappa shape index (κ1) is 13.3. The van der Waals surface area contributed by atoms with E-state index in [9.17, 15) is 0 Å². The summed E-state index contributed by atoms with van der Waals surface area (Å²) in [6.45, 7) is 5.10. The Morgan fingerprint density at radius 3 is 2.90 bits per heavy atom. The van der Waals surface area contributed by atoms with Gasteiger partial charge in [-0.3, -0.25) is 4.90 Å². The van der Waals surface area contributed by atoms with Crippen molar-refractivity contribution in [3.8, 4) is 11.5 Å². The largest absolute Gasteiger partial charge is 0.444 e. The van der Waals surface area contributed by atoms with Gasteiger partial charge in [-0.25, -0.2) is 4.98 Å². The van der Waals surface area contributed by atoms with Crippen LogP contribution in [0.5, 0.6) is 0 Å². The molecule has 0 aliphatic carbocycles. The van der Waals surface area contributed by atoms with E-state index in [4.69, 9.17) is 10.2 Å². The number of hydrogen-bond acceptors (Lipinski definition) is 4. The summed E-state index contributed by atoms with van der Waals surface area (Å²) in [5, 5.41) is 0. The first-order valence-electron chi connectivity index (χ1n) is 7.20. The maximum Gasteiger partial charge on any atom is 0.226 e. The lowest BCUT2D eigenvalue weighted by atomic mass is 10.0. The fraction of sp³-hybridized carbons (Fsp3) is 0.438. The van der Waals surface area contributed by atoms with Gasteiger partial charge in [0.25, 0.3) is 0 Å². The summed E-state index contributed by atoms with van der Waals surface area (Å²) in [7, 11) is 0. The summed E-state index contributed by atoms with van der Waals surface area (Å²) >= 11 is 0. The molecule has 0 bridgehead atoms. The maximum absolute atomic E-state index is 5.97. The third kappa shape index (κ3) is 2.92. The molecule has 0 amide bonds. The van der Waals surface area contributed by atoms with E-state index in [0.29, 0.717) is 11.8 Å². The summed E-state index contributed by atoms with van der Waals surface area (Å²) in [5.74, 6) is 1.30. The Bertz CT molecular complexity index is 550. The van der Waals surface area contributed by atoms with Crippen LogP contribution in [0.1, 0.15) is 19.0 Å². The van der Waals surface area contributed by atoms with Crippen molar-refractivity contribution in [2.45, 2.75) is 25.9 Å². The highest BCUT2D eigenvalue weighted by atomic mass is 16.3. The molecule has 0 spiro atoms. The van der Waals surface area contributed by atoms with E-state index in [-0.39, 0.29) is 6.04 Å². The molecule has 1 aromatic carbocycles. The van der Waals surface area contributed by atoms with Crippen LogP contribution in [0.15, 0.2) is 41.0 Å². The molecule has 1 saturated heterocycles. The van der Waals surface area contributed by atoms with Crippen molar-refractivity contribution in [2.75, 3.05) is 13.1 Å². The Morgan fingerprint density at radius 2 is 2.20 bits per heavy atom. The van der Waals surface area contributed by atoms with Crippen molar-refractivity contribution in [3.05, 3.63) is 42.3 Å². The molecular formula is C16H21N3O. The second-order valence-corrected chi connectivity index (χ2v) is 5.65. The molecule has 20 heavy (non-hydrogen) atoms. The molecule has 0 radical (unpaired) electrons. The molecule has 1 aliphatic heterocycles. The minimum atomic E-state index is 0.275. The van der Waals surface area contributed by atoms with Crippen LogP contribution in [0.3, 0.4) is 0 Å². The number of nitrogens with two attached hydrogens (primary N) is 1. The first-order chi connectivity index (χ1) is 9.72. The summed E-state index contributed by atoms with van der Waals surface area (Å²) in [6.07, 6.45) is 2.95. The second kappa shape index (κ2) is 5.77. The van der Waals surface area contributed by atoms with Crippen LogP contribution in [-0.4, -0.2) is 29.0 Å². The highest BCUT2D eigenvalue weighted by Crippen LogP contribution is 2.22.